The van der Waals surface area contributed by atoms with Crippen LogP contribution in [0, 0.1) is 0 Å². The number of nitrogens with two attached hydrogens (primary N) is 2. The number of phenolic OH excluding ortho intramolecular Hbond substituents is 2. The summed E-state index contributed by atoms with van der Waals surface area (Å²) in [5, 5.41) is 20.0. The smallest absolute Gasteiger partial charge is 0.298 e. The molecule has 9 nitrogen and oxygen atoms in total. The molecular formula is C14H10N2NaO7S. The Morgan fingerprint density at radius 3 is 1.92 bits per heavy atom. The first-order chi connectivity index (χ1) is 11.1. The van der Waals surface area contributed by atoms with Crippen LogP contribution in [0.5, 0.6) is 11.5 Å². The summed E-state index contributed by atoms with van der Waals surface area (Å²) >= 11 is 0. The molecule has 0 bridgehead atoms. The second-order valence-corrected chi connectivity index (χ2v) is 6.51. The maximum absolute atomic E-state index is 12.6. The van der Waals surface area contributed by atoms with Crippen LogP contribution in [0.1, 0.15) is 31.8 Å². The number of hydrogen-bond acceptors (Lipinski definition) is 8. The molecule has 0 aromatic heterocycles. The monoisotopic (exact) mass is 373 g/mol. The Morgan fingerprint density at radius 2 is 1.36 bits per heavy atom. The zero-order valence-corrected chi connectivity index (χ0v) is 15.6. The minimum atomic E-state index is -4.91. The van der Waals surface area contributed by atoms with E-state index in [-0.39, 0.29) is 40.8 Å². The van der Waals surface area contributed by atoms with Crippen molar-refractivity contribution in [1.29, 1.82) is 0 Å². The number of nitrogen functional groups attached to an aromatic ring is 2. The number of fused-ring (bicyclic) bond motifs is 2. The second kappa shape index (κ2) is 6.00. The normalized spacial score (nSPS) is 13.0. The fourth-order valence-corrected chi connectivity index (χ4v) is 3.28. The molecule has 3 rings (SSSR count). The van der Waals surface area contributed by atoms with Crippen molar-refractivity contribution in [3.63, 3.8) is 0 Å². The third kappa shape index (κ3) is 2.68. The van der Waals surface area contributed by atoms with Gasteiger partial charge >= 0.3 is 0 Å². The van der Waals surface area contributed by atoms with Gasteiger partial charge in [-0.15, -0.1) is 0 Å². The molecule has 0 spiro atoms. The minimum absolute atomic E-state index is 0. The first-order valence-corrected chi connectivity index (χ1v) is 7.83. The molecule has 125 valence electrons. The number of hydrogen-bond donors (Lipinski definition) is 5. The van der Waals surface area contributed by atoms with Crippen molar-refractivity contribution in [1.82, 2.24) is 0 Å². The topological polar surface area (TPSA) is 181 Å². The average molecular weight is 373 g/mol. The maximum Gasteiger partial charge on any atom is 0.298 e. The van der Waals surface area contributed by atoms with Gasteiger partial charge in [0, 0.05) is 40.9 Å². The Bertz CT molecular complexity index is 1060. The summed E-state index contributed by atoms with van der Waals surface area (Å²) in [5.74, 6) is -3.60. The molecule has 1 radical (unpaired) electrons. The summed E-state index contributed by atoms with van der Waals surface area (Å²) in [7, 11) is -4.91. The zero-order valence-electron chi connectivity index (χ0n) is 12.8. The molecule has 1 aliphatic carbocycles. The number of carbonyl (C=O) groups excluding carboxylic acids is 2. The largest absolute Gasteiger partial charge is 0.507 e. The van der Waals surface area contributed by atoms with Crippen molar-refractivity contribution in [2.24, 2.45) is 0 Å². The van der Waals surface area contributed by atoms with E-state index in [1.54, 1.807) is 0 Å². The number of benzene rings is 2. The van der Waals surface area contributed by atoms with Crippen LogP contribution in [0.25, 0.3) is 0 Å². The van der Waals surface area contributed by atoms with Gasteiger partial charge in [0.05, 0.1) is 22.3 Å². The molecule has 7 N–H and O–H groups in total. The van der Waals surface area contributed by atoms with Crippen molar-refractivity contribution >= 4 is 62.6 Å². The quantitative estimate of drug-likeness (QED) is 0.168. The fraction of sp³-hybridized carbons (Fsp3) is 0. The van der Waals surface area contributed by atoms with Gasteiger partial charge in [-0.2, -0.15) is 8.42 Å². The first-order valence-electron chi connectivity index (χ1n) is 6.39. The average Bonchev–Trinajstić information content (AvgIpc) is 2.47. The summed E-state index contributed by atoms with van der Waals surface area (Å²) in [5.41, 5.74) is 8.85. The van der Waals surface area contributed by atoms with Gasteiger partial charge in [0.1, 0.15) is 16.4 Å². The molecule has 0 fully saturated rings. The zero-order chi connectivity index (χ0) is 18.0. The Hall–Kier alpha value is -2.11. The van der Waals surface area contributed by atoms with E-state index < -0.39 is 60.5 Å². The number of carbonyl (C=O) groups is 2. The molecule has 0 atom stereocenters. The number of rotatable bonds is 1. The van der Waals surface area contributed by atoms with Gasteiger partial charge in [0.15, 0.2) is 5.78 Å². The molecule has 2 aromatic rings. The van der Waals surface area contributed by atoms with Gasteiger partial charge in [0.2, 0.25) is 5.78 Å². The Labute approximate surface area is 163 Å². The number of ketones is 2. The summed E-state index contributed by atoms with van der Waals surface area (Å²) in [6.45, 7) is 0. The van der Waals surface area contributed by atoms with E-state index >= 15 is 0 Å². The molecule has 1 aliphatic rings. The third-order valence-electron chi connectivity index (χ3n) is 3.70. The van der Waals surface area contributed by atoms with Crippen molar-refractivity contribution < 1.29 is 32.8 Å². The van der Waals surface area contributed by atoms with Crippen LogP contribution in [0.2, 0.25) is 0 Å². The van der Waals surface area contributed by atoms with Crippen LogP contribution in [0.15, 0.2) is 23.1 Å². The SMILES string of the molecule is Nc1ccc(O)c2c1C(=O)c1c(N)cc(S(=O)(=O)O)c(O)c1C2=O.[Na]. The summed E-state index contributed by atoms with van der Waals surface area (Å²) < 4.78 is 31.8. The third-order valence-corrected chi connectivity index (χ3v) is 4.56. The predicted molar refractivity (Wildman–Crippen MR) is 87.5 cm³/mol. The Kier molecular flexibility index (Phi) is 4.61. The van der Waals surface area contributed by atoms with E-state index in [4.69, 9.17) is 16.0 Å². The van der Waals surface area contributed by atoms with Gasteiger partial charge in [-0.05, 0) is 18.2 Å². The standard InChI is InChI=1S/C14H10N2O7S.Na/c15-4-1-2-6(17)10-8(4)13(19)9-5(16)3-7(24(21,22)23)12(18)11(9)14(10)20;/h1-3,17-18H,15-16H2,(H,21,22,23);. The van der Waals surface area contributed by atoms with E-state index in [1.807, 2.05) is 0 Å². The molecule has 0 saturated heterocycles. The van der Waals surface area contributed by atoms with E-state index in [2.05, 4.69) is 0 Å². The molecule has 2 aromatic carbocycles. The van der Waals surface area contributed by atoms with E-state index in [9.17, 15) is 28.2 Å². The Balaban J connectivity index is 0.00000225. The predicted octanol–water partition coefficient (Wildman–Crippen LogP) is -0.0965. The molecule has 25 heavy (non-hydrogen) atoms. The van der Waals surface area contributed by atoms with Crippen LogP contribution in [0.4, 0.5) is 11.4 Å². The first kappa shape index (κ1) is 19.2. The van der Waals surface area contributed by atoms with Crippen LogP contribution >= 0.6 is 0 Å². The number of phenols is 2. The van der Waals surface area contributed by atoms with Gasteiger partial charge in [-0.1, -0.05) is 0 Å². The van der Waals surface area contributed by atoms with Gasteiger partial charge in [0.25, 0.3) is 10.1 Å². The van der Waals surface area contributed by atoms with Crippen molar-refractivity contribution in [2.45, 2.75) is 4.90 Å². The summed E-state index contributed by atoms with van der Waals surface area (Å²) in [6, 6.07) is 2.96. The second-order valence-electron chi connectivity index (χ2n) is 5.12. The van der Waals surface area contributed by atoms with E-state index in [0.717, 1.165) is 6.07 Å². The van der Waals surface area contributed by atoms with E-state index in [1.165, 1.54) is 6.07 Å². The summed E-state index contributed by atoms with van der Waals surface area (Å²) in [4.78, 5) is 24.2. The van der Waals surface area contributed by atoms with Crippen LogP contribution in [-0.4, -0.2) is 64.3 Å². The van der Waals surface area contributed by atoms with Crippen molar-refractivity contribution in [3.05, 3.63) is 40.5 Å². The van der Waals surface area contributed by atoms with Crippen LogP contribution in [0.3, 0.4) is 0 Å². The number of anilines is 2. The molecule has 0 unspecified atom stereocenters. The summed E-state index contributed by atoms with van der Waals surface area (Å²) in [6.07, 6.45) is 0. The Morgan fingerprint density at radius 1 is 0.840 bits per heavy atom. The van der Waals surface area contributed by atoms with Crippen LogP contribution < -0.4 is 11.5 Å². The van der Waals surface area contributed by atoms with E-state index in [0.29, 0.717) is 6.07 Å². The molecule has 0 amide bonds. The van der Waals surface area contributed by atoms with Gasteiger partial charge in [-0.3, -0.25) is 14.1 Å². The van der Waals surface area contributed by atoms with Gasteiger partial charge < -0.3 is 21.7 Å². The molecule has 0 aliphatic heterocycles. The van der Waals surface area contributed by atoms with Crippen molar-refractivity contribution in [2.75, 3.05) is 11.5 Å². The minimum Gasteiger partial charge on any atom is -0.507 e. The fourth-order valence-electron chi connectivity index (χ4n) is 2.66. The van der Waals surface area contributed by atoms with Crippen molar-refractivity contribution in [3.8, 4) is 11.5 Å². The van der Waals surface area contributed by atoms with Gasteiger partial charge in [-0.25, -0.2) is 0 Å². The molecule has 0 saturated carbocycles. The molecule has 11 heteroatoms. The molecular weight excluding hydrogens is 363 g/mol. The molecule has 0 heterocycles. The maximum atomic E-state index is 12.6. The van der Waals surface area contributed by atoms with Crippen LogP contribution in [-0.2, 0) is 10.1 Å². The number of aromatic hydroxyl groups is 2.